The maximum Gasteiger partial charge on any atom is 0.328 e. The highest BCUT2D eigenvalue weighted by atomic mass is 16.6. The van der Waals surface area contributed by atoms with Crippen LogP contribution in [0.4, 0.5) is 5.69 Å². The van der Waals surface area contributed by atoms with Crippen molar-refractivity contribution in [1.82, 2.24) is 5.32 Å². The number of aliphatic carboxylic acids is 1. The van der Waals surface area contributed by atoms with Gasteiger partial charge < -0.3 is 10.4 Å². The fourth-order valence-corrected chi connectivity index (χ4v) is 1.51. The Morgan fingerprint density at radius 1 is 1.56 bits per heavy atom. The van der Waals surface area contributed by atoms with E-state index in [1.165, 1.54) is 12.1 Å². The molecule has 0 aliphatic rings. The first-order chi connectivity index (χ1) is 8.52. The Kier molecular flexibility index (Phi) is 5.01. The normalized spacial score (nSPS) is 10.7. The first-order valence-corrected chi connectivity index (χ1v) is 5.35. The van der Waals surface area contributed by atoms with Crippen LogP contribution in [0.5, 0.6) is 0 Å². The first-order valence-electron chi connectivity index (χ1n) is 5.35. The molecule has 0 unspecified atom stereocenters. The van der Waals surface area contributed by atoms with E-state index in [2.05, 4.69) is 5.32 Å². The largest absolute Gasteiger partial charge is 0.478 e. The predicted octanol–water partition coefficient (Wildman–Crippen LogP) is 1.63. The number of rotatable bonds is 6. The van der Waals surface area contributed by atoms with Gasteiger partial charge in [0.25, 0.3) is 5.69 Å². The van der Waals surface area contributed by atoms with E-state index in [-0.39, 0.29) is 5.69 Å². The number of carboxylic acids is 1. The Balaban J connectivity index is 2.60. The number of carbonyl (C=O) groups is 1. The Hall–Kier alpha value is -2.21. The molecule has 2 N–H and O–H groups in total. The van der Waals surface area contributed by atoms with Gasteiger partial charge >= 0.3 is 5.97 Å². The van der Waals surface area contributed by atoms with Gasteiger partial charge in [-0.25, -0.2) is 4.79 Å². The third kappa shape index (κ3) is 3.99. The standard InChI is InChI=1S/C12H14N2O4/c1-9-10(4-2-5-11(9)14(17)18)8-13-7-3-6-12(15)16/h2-6,13H,7-8H2,1H3,(H,15,16)/b6-3+. The van der Waals surface area contributed by atoms with Crippen LogP contribution in [0.25, 0.3) is 0 Å². The van der Waals surface area contributed by atoms with Gasteiger partial charge in [0.15, 0.2) is 0 Å². The minimum absolute atomic E-state index is 0.0929. The van der Waals surface area contributed by atoms with Crippen molar-refractivity contribution in [3.05, 3.63) is 51.6 Å². The van der Waals surface area contributed by atoms with E-state index in [1.54, 1.807) is 19.1 Å². The molecule has 0 amide bonds. The maximum absolute atomic E-state index is 10.7. The Labute approximate surface area is 104 Å². The molecule has 6 nitrogen and oxygen atoms in total. The van der Waals surface area contributed by atoms with Gasteiger partial charge in [0.05, 0.1) is 4.92 Å². The molecule has 0 saturated heterocycles. The zero-order valence-electron chi connectivity index (χ0n) is 9.92. The van der Waals surface area contributed by atoms with E-state index in [1.807, 2.05) is 0 Å². The zero-order chi connectivity index (χ0) is 13.5. The molecule has 1 rings (SSSR count). The highest BCUT2D eigenvalue weighted by Crippen LogP contribution is 2.20. The van der Waals surface area contributed by atoms with Crippen molar-refractivity contribution in [1.29, 1.82) is 0 Å². The summed E-state index contributed by atoms with van der Waals surface area (Å²) < 4.78 is 0. The molecule has 0 bridgehead atoms. The number of nitrogens with zero attached hydrogens (tertiary/aromatic N) is 1. The maximum atomic E-state index is 10.7. The third-order valence-electron chi connectivity index (χ3n) is 2.45. The molecule has 0 heterocycles. The lowest BCUT2D eigenvalue weighted by Gasteiger charge is -2.06. The van der Waals surface area contributed by atoms with E-state index >= 15 is 0 Å². The number of carboxylic acid groups (broad SMARTS) is 1. The second-order valence-corrected chi connectivity index (χ2v) is 3.69. The number of nitro benzene ring substituents is 1. The molecule has 1 aromatic carbocycles. The Morgan fingerprint density at radius 2 is 2.28 bits per heavy atom. The molecule has 6 heteroatoms. The van der Waals surface area contributed by atoms with Crippen LogP contribution in [-0.2, 0) is 11.3 Å². The van der Waals surface area contributed by atoms with E-state index in [0.717, 1.165) is 11.6 Å². The van der Waals surface area contributed by atoms with Crippen LogP contribution in [0.2, 0.25) is 0 Å². The second kappa shape index (κ2) is 6.51. The van der Waals surface area contributed by atoms with Crippen LogP contribution in [-0.4, -0.2) is 22.5 Å². The van der Waals surface area contributed by atoms with Gasteiger partial charge in [-0.15, -0.1) is 0 Å². The number of nitrogens with one attached hydrogen (secondary N) is 1. The molecule has 0 saturated carbocycles. The van der Waals surface area contributed by atoms with Gasteiger partial charge in [0.2, 0.25) is 0 Å². The van der Waals surface area contributed by atoms with E-state index in [0.29, 0.717) is 18.7 Å². The topological polar surface area (TPSA) is 92.5 Å². The molecule has 0 fully saturated rings. The van der Waals surface area contributed by atoms with E-state index in [4.69, 9.17) is 5.11 Å². The lowest BCUT2D eigenvalue weighted by atomic mass is 10.1. The summed E-state index contributed by atoms with van der Waals surface area (Å²) >= 11 is 0. The minimum Gasteiger partial charge on any atom is -0.478 e. The summed E-state index contributed by atoms with van der Waals surface area (Å²) in [5.41, 5.74) is 1.54. The molecule has 0 radical (unpaired) electrons. The van der Waals surface area contributed by atoms with Gasteiger partial charge in [-0.05, 0) is 12.5 Å². The summed E-state index contributed by atoms with van der Waals surface area (Å²) in [7, 11) is 0. The summed E-state index contributed by atoms with van der Waals surface area (Å²) in [6, 6.07) is 4.90. The monoisotopic (exact) mass is 250 g/mol. The van der Waals surface area contributed by atoms with Gasteiger partial charge in [-0.1, -0.05) is 18.2 Å². The Bertz CT molecular complexity index is 483. The molecular formula is C12H14N2O4. The van der Waals surface area contributed by atoms with Crippen molar-refractivity contribution in [2.24, 2.45) is 0 Å². The van der Waals surface area contributed by atoms with Crippen LogP contribution < -0.4 is 5.32 Å². The van der Waals surface area contributed by atoms with Crippen molar-refractivity contribution >= 4 is 11.7 Å². The Morgan fingerprint density at radius 3 is 2.89 bits per heavy atom. The summed E-state index contributed by atoms with van der Waals surface area (Å²) in [5, 5.41) is 22.1. The van der Waals surface area contributed by atoms with Crippen LogP contribution in [0, 0.1) is 17.0 Å². The lowest BCUT2D eigenvalue weighted by molar-refractivity contribution is -0.385. The third-order valence-corrected chi connectivity index (χ3v) is 2.45. The fourth-order valence-electron chi connectivity index (χ4n) is 1.51. The zero-order valence-corrected chi connectivity index (χ0v) is 9.92. The highest BCUT2D eigenvalue weighted by Gasteiger charge is 2.12. The van der Waals surface area contributed by atoms with Crippen molar-refractivity contribution < 1.29 is 14.8 Å². The van der Waals surface area contributed by atoms with E-state index < -0.39 is 10.9 Å². The molecule has 0 aromatic heterocycles. The minimum atomic E-state index is -0.997. The van der Waals surface area contributed by atoms with Crippen LogP contribution in [0.3, 0.4) is 0 Å². The van der Waals surface area contributed by atoms with E-state index in [9.17, 15) is 14.9 Å². The molecule has 96 valence electrons. The van der Waals surface area contributed by atoms with Crippen molar-refractivity contribution in [2.45, 2.75) is 13.5 Å². The average Bonchev–Trinajstić information content (AvgIpc) is 2.30. The molecule has 0 aliphatic carbocycles. The smallest absolute Gasteiger partial charge is 0.328 e. The van der Waals surface area contributed by atoms with Crippen LogP contribution >= 0.6 is 0 Å². The predicted molar refractivity (Wildman–Crippen MR) is 66.3 cm³/mol. The van der Waals surface area contributed by atoms with Crippen molar-refractivity contribution in [3.8, 4) is 0 Å². The second-order valence-electron chi connectivity index (χ2n) is 3.69. The van der Waals surface area contributed by atoms with Crippen molar-refractivity contribution in [3.63, 3.8) is 0 Å². The van der Waals surface area contributed by atoms with Crippen LogP contribution in [0.15, 0.2) is 30.4 Å². The SMILES string of the molecule is Cc1c(CNC/C=C/C(=O)O)cccc1[N+](=O)[O-]. The number of nitro groups is 1. The highest BCUT2D eigenvalue weighted by molar-refractivity contribution is 5.79. The summed E-state index contributed by atoms with van der Waals surface area (Å²) in [5.74, 6) is -0.997. The van der Waals surface area contributed by atoms with Gasteiger partial charge in [0.1, 0.15) is 0 Å². The average molecular weight is 250 g/mol. The summed E-state index contributed by atoms with van der Waals surface area (Å²) in [6.07, 6.45) is 2.53. The number of hydrogen-bond donors (Lipinski definition) is 2. The molecule has 0 aliphatic heterocycles. The van der Waals surface area contributed by atoms with Gasteiger partial charge in [0, 0.05) is 30.8 Å². The number of hydrogen-bond acceptors (Lipinski definition) is 4. The lowest BCUT2D eigenvalue weighted by Crippen LogP contribution is -2.14. The summed E-state index contributed by atoms with van der Waals surface area (Å²) in [4.78, 5) is 20.5. The summed E-state index contributed by atoms with van der Waals surface area (Å²) in [6.45, 7) is 2.55. The molecule has 0 spiro atoms. The molecule has 0 atom stereocenters. The van der Waals surface area contributed by atoms with Gasteiger partial charge in [-0.2, -0.15) is 0 Å². The molecular weight excluding hydrogens is 236 g/mol. The van der Waals surface area contributed by atoms with Gasteiger partial charge in [-0.3, -0.25) is 10.1 Å². The number of benzene rings is 1. The first kappa shape index (κ1) is 13.9. The van der Waals surface area contributed by atoms with Crippen molar-refractivity contribution in [2.75, 3.05) is 6.54 Å². The van der Waals surface area contributed by atoms with Crippen LogP contribution in [0.1, 0.15) is 11.1 Å². The fraction of sp³-hybridized carbons (Fsp3) is 0.250. The molecule has 18 heavy (non-hydrogen) atoms. The quantitative estimate of drug-likeness (QED) is 0.346. The molecule has 1 aromatic rings.